The number of nitrogens with two attached hydrogens (primary N) is 1. The van der Waals surface area contributed by atoms with Gasteiger partial charge < -0.3 is 26.0 Å². The summed E-state index contributed by atoms with van der Waals surface area (Å²) in [6.07, 6.45) is -0.0819. The second-order valence-corrected chi connectivity index (χ2v) is 7.45. The lowest BCUT2D eigenvalue weighted by Gasteiger charge is -2.30. The van der Waals surface area contributed by atoms with Gasteiger partial charge in [-0.05, 0) is 12.1 Å². The molecule has 1 fully saturated rings. The van der Waals surface area contributed by atoms with E-state index in [9.17, 15) is 9.59 Å². The molecule has 0 spiro atoms. The van der Waals surface area contributed by atoms with E-state index >= 15 is 0 Å². The first-order chi connectivity index (χ1) is 13.9. The third-order valence-electron chi connectivity index (χ3n) is 4.78. The van der Waals surface area contributed by atoms with E-state index in [-0.39, 0.29) is 29.0 Å². The molecule has 9 nitrogen and oxygen atoms in total. The van der Waals surface area contributed by atoms with Crippen molar-refractivity contribution in [2.45, 2.75) is 12.3 Å². The average Bonchev–Trinajstić information content (AvgIpc) is 2.71. The Hall–Kier alpha value is -2.62. The quantitative estimate of drug-likeness (QED) is 0.673. The summed E-state index contributed by atoms with van der Waals surface area (Å²) in [6.45, 7) is 2.34. The highest BCUT2D eigenvalue weighted by atomic mass is 35.5. The number of nitrogen functional groups attached to an aromatic ring is 1. The van der Waals surface area contributed by atoms with Gasteiger partial charge in [-0.1, -0.05) is 29.3 Å². The molecule has 1 aromatic carbocycles. The maximum Gasteiger partial charge on any atom is 0.232 e. The van der Waals surface area contributed by atoms with Crippen LogP contribution < -0.4 is 21.3 Å². The Bertz CT molecular complexity index is 980. The van der Waals surface area contributed by atoms with Gasteiger partial charge >= 0.3 is 0 Å². The molecule has 1 unspecified atom stereocenters. The van der Waals surface area contributed by atoms with Crippen LogP contribution in [0.2, 0.25) is 10.0 Å². The van der Waals surface area contributed by atoms with E-state index in [1.807, 2.05) is 4.90 Å². The van der Waals surface area contributed by atoms with Gasteiger partial charge in [0.05, 0.1) is 40.4 Å². The number of ether oxygens (including phenoxy) is 1. The fourth-order valence-corrected chi connectivity index (χ4v) is 3.68. The molecule has 4 N–H and O–H groups in total. The number of fused-ring (bicyclic) bond motifs is 1. The zero-order valence-electron chi connectivity index (χ0n) is 15.2. The number of carbonyl (C=O) groups is 2. The number of nitrogens with one attached hydrogen (secondary N) is 2. The molecule has 2 amide bonds. The summed E-state index contributed by atoms with van der Waals surface area (Å²) >= 11 is 12.2. The lowest BCUT2D eigenvalue weighted by molar-refractivity contribution is -0.123. The molecule has 0 radical (unpaired) electrons. The van der Waals surface area contributed by atoms with Crippen molar-refractivity contribution in [2.75, 3.05) is 47.6 Å². The minimum absolute atomic E-state index is 0.0819. The van der Waals surface area contributed by atoms with Crippen LogP contribution in [-0.4, -0.2) is 48.1 Å². The average molecular weight is 437 g/mol. The Morgan fingerprint density at radius 3 is 2.79 bits per heavy atom. The fraction of sp³-hybridized carbons (Fsp3) is 0.333. The van der Waals surface area contributed by atoms with Crippen molar-refractivity contribution in [3.05, 3.63) is 33.8 Å². The minimum atomic E-state index is -0.854. The number of hydrogen-bond acceptors (Lipinski definition) is 7. The number of carbonyl (C=O) groups excluding carboxylic acids is 2. The molecule has 2 aromatic rings. The molecule has 11 heteroatoms. The predicted octanol–water partition coefficient (Wildman–Crippen LogP) is 2.27. The fourth-order valence-electron chi connectivity index (χ4n) is 3.33. The van der Waals surface area contributed by atoms with Gasteiger partial charge in [0.15, 0.2) is 0 Å². The van der Waals surface area contributed by atoms with Crippen LogP contribution in [0.1, 0.15) is 17.9 Å². The van der Waals surface area contributed by atoms with Crippen molar-refractivity contribution in [3.63, 3.8) is 0 Å². The smallest absolute Gasteiger partial charge is 0.232 e. The first-order valence-electron chi connectivity index (χ1n) is 8.99. The molecule has 1 atom stereocenters. The van der Waals surface area contributed by atoms with Crippen LogP contribution in [0.4, 0.5) is 23.3 Å². The highest BCUT2D eigenvalue weighted by Crippen LogP contribution is 2.37. The van der Waals surface area contributed by atoms with E-state index in [0.717, 1.165) is 0 Å². The number of anilines is 4. The molecule has 2 aliphatic rings. The normalized spacial score (nSPS) is 18.8. The molecule has 1 saturated heterocycles. The molecular formula is C18H18Cl2N6O3. The molecule has 0 bridgehead atoms. The number of halogens is 2. The third kappa shape index (κ3) is 3.93. The van der Waals surface area contributed by atoms with E-state index in [0.29, 0.717) is 48.5 Å². The standard InChI is InChI=1S/C18H18Cl2N6O3/c19-10-2-1-3-11(14(10)20)22-17(28)9-8-12(27)23-16-13(9)15(21)24-18(25-16)26-4-6-29-7-5-26/h1-3,9H,4-8H2,(H,22,28)(H3,21,23,24,25,27). The van der Waals surface area contributed by atoms with Crippen molar-refractivity contribution in [2.24, 2.45) is 0 Å². The van der Waals surface area contributed by atoms with Crippen LogP contribution in [0.25, 0.3) is 0 Å². The van der Waals surface area contributed by atoms with Crippen molar-refractivity contribution in [3.8, 4) is 0 Å². The van der Waals surface area contributed by atoms with Crippen LogP contribution in [0.5, 0.6) is 0 Å². The van der Waals surface area contributed by atoms with Crippen molar-refractivity contribution in [1.29, 1.82) is 0 Å². The van der Waals surface area contributed by atoms with E-state index in [1.165, 1.54) is 0 Å². The lowest BCUT2D eigenvalue weighted by Crippen LogP contribution is -2.38. The van der Waals surface area contributed by atoms with Gasteiger partial charge in [-0.2, -0.15) is 9.97 Å². The number of rotatable bonds is 3. The SMILES string of the molecule is Nc1nc(N2CCOCC2)nc2c1C(C(=O)Nc1cccc(Cl)c1Cl)CC(=O)N2. The summed E-state index contributed by atoms with van der Waals surface area (Å²) in [7, 11) is 0. The Morgan fingerprint density at radius 2 is 2.03 bits per heavy atom. The van der Waals surface area contributed by atoms with Gasteiger partial charge in [-0.15, -0.1) is 0 Å². The Balaban J connectivity index is 1.65. The number of benzene rings is 1. The Kier molecular flexibility index (Phi) is 5.44. The zero-order valence-corrected chi connectivity index (χ0v) is 16.8. The first kappa shape index (κ1) is 19.7. The second kappa shape index (κ2) is 8.02. The van der Waals surface area contributed by atoms with E-state index < -0.39 is 11.8 Å². The van der Waals surface area contributed by atoms with Gasteiger partial charge in [0.1, 0.15) is 11.6 Å². The molecule has 1 aromatic heterocycles. The summed E-state index contributed by atoms with van der Waals surface area (Å²) in [5.74, 6) is -0.849. The van der Waals surface area contributed by atoms with Crippen LogP contribution in [-0.2, 0) is 14.3 Å². The van der Waals surface area contributed by atoms with Gasteiger partial charge in [-0.25, -0.2) is 0 Å². The zero-order chi connectivity index (χ0) is 20.5. The van der Waals surface area contributed by atoms with Crippen LogP contribution in [0, 0.1) is 0 Å². The molecule has 0 aliphatic carbocycles. The minimum Gasteiger partial charge on any atom is -0.383 e. The molecule has 3 heterocycles. The molecule has 0 saturated carbocycles. The topological polar surface area (TPSA) is 122 Å². The Morgan fingerprint density at radius 1 is 1.28 bits per heavy atom. The lowest BCUT2D eigenvalue weighted by atomic mass is 9.92. The Labute approximate surface area is 176 Å². The van der Waals surface area contributed by atoms with Crippen molar-refractivity contribution in [1.82, 2.24) is 9.97 Å². The van der Waals surface area contributed by atoms with E-state index in [1.54, 1.807) is 18.2 Å². The van der Waals surface area contributed by atoms with Crippen LogP contribution in [0.3, 0.4) is 0 Å². The highest BCUT2D eigenvalue weighted by molar-refractivity contribution is 6.44. The van der Waals surface area contributed by atoms with E-state index in [4.69, 9.17) is 33.7 Å². The highest BCUT2D eigenvalue weighted by Gasteiger charge is 2.35. The largest absolute Gasteiger partial charge is 0.383 e. The number of amides is 2. The summed E-state index contributed by atoms with van der Waals surface area (Å²) < 4.78 is 5.33. The molecule has 29 heavy (non-hydrogen) atoms. The molecular weight excluding hydrogens is 419 g/mol. The van der Waals surface area contributed by atoms with Crippen molar-refractivity contribution >= 4 is 58.3 Å². The summed E-state index contributed by atoms with van der Waals surface area (Å²) in [6, 6.07) is 4.90. The van der Waals surface area contributed by atoms with Crippen LogP contribution >= 0.6 is 23.2 Å². The molecule has 2 aliphatic heterocycles. The summed E-state index contributed by atoms with van der Waals surface area (Å²) in [5, 5.41) is 5.94. The van der Waals surface area contributed by atoms with Gasteiger partial charge in [0.25, 0.3) is 0 Å². The first-order valence-corrected chi connectivity index (χ1v) is 9.74. The van der Waals surface area contributed by atoms with E-state index in [2.05, 4.69) is 20.6 Å². The summed E-state index contributed by atoms with van der Waals surface area (Å²) in [4.78, 5) is 35.9. The number of morpholine rings is 1. The summed E-state index contributed by atoms with van der Waals surface area (Å²) in [5.41, 5.74) is 6.92. The monoisotopic (exact) mass is 436 g/mol. The maximum absolute atomic E-state index is 12.9. The van der Waals surface area contributed by atoms with Gasteiger partial charge in [0, 0.05) is 19.5 Å². The number of hydrogen-bond donors (Lipinski definition) is 3. The molecule has 152 valence electrons. The van der Waals surface area contributed by atoms with Gasteiger partial charge in [-0.3, -0.25) is 9.59 Å². The second-order valence-electron chi connectivity index (χ2n) is 6.67. The third-order valence-corrected chi connectivity index (χ3v) is 5.60. The number of nitrogens with zero attached hydrogens (tertiary/aromatic N) is 3. The maximum atomic E-state index is 12.9. The number of aromatic nitrogens is 2. The predicted molar refractivity (Wildman–Crippen MR) is 111 cm³/mol. The molecule has 4 rings (SSSR count). The van der Waals surface area contributed by atoms with Gasteiger partial charge in [0.2, 0.25) is 17.8 Å². The van der Waals surface area contributed by atoms with Crippen LogP contribution in [0.15, 0.2) is 18.2 Å². The van der Waals surface area contributed by atoms with Crippen molar-refractivity contribution < 1.29 is 14.3 Å².